The molecule has 0 amide bonds. The summed E-state index contributed by atoms with van der Waals surface area (Å²) in [5, 5.41) is 9.22. The number of pyridine rings is 1. The second kappa shape index (κ2) is 11.2. The molecule has 2 atom stereocenters. The van der Waals surface area contributed by atoms with Crippen molar-refractivity contribution >= 4 is 47.8 Å². The van der Waals surface area contributed by atoms with Crippen LogP contribution in [0.15, 0.2) is 30.6 Å². The predicted molar refractivity (Wildman–Crippen MR) is 171 cm³/mol. The van der Waals surface area contributed by atoms with Crippen LogP contribution in [0.1, 0.15) is 44.1 Å². The second-order valence-corrected chi connectivity index (χ2v) is 14.3. The number of nitrogens with one attached hydrogen (secondary N) is 1. The highest BCUT2D eigenvalue weighted by Gasteiger charge is 2.45. The summed E-state index contributed by atoms with van der Waals surface area (Å²) in [5.41, 5.74) is 2.74. The van der Waals surface area contributed by atoms with Crippen molar-refractivity contribution in [3.05, 3.63) is 47.0 Å². The fraction of sp³-hybridized carbons (Fsp3) is 0.500. The van der Waals surface area contributed by atoms with Crippen molar-refractivity contribution in [1.82, 2.24) is 30.0 Å². The number of allylic oxidation sites excluding steroid dienone is 2. The van der Waals surface area contributed by atoms with Gasteiger partial charge in [-0.1, -0.05) is 23.8 Å². The SMILES string of the molecule is Fc1c2ncc3c(nc(OCC45CCCN4CCC5)nc13)N1CCCC(CPC/C=C/Cc3c(Cl)cc4[nH]ncc4c3-2)C1. The van der Waals surface area contributed by atoms with Crippen molar-refractivity contribution in [3.63, 3.8) is 0 Å². The second-order valence-electron chi connectivity index (χ2n) is 12.6. The van der Waals surface area contributed by atoms with Crippen LogP contribution in [0, 0.1) is 11.7 Å². The minimum atomic E-state index is -0.482. The number of anilines is 1. The van der Waals surface area contributed by atoms with E-state index in [9.17, 15) is 0 Å². The monoisotopic (exact) mass is 619 g/mol. The zero-order valence-corrected chi connectivity index (χ0v) is 26.0. The lowest BCUT2D eigenvalue weighted by atomic mass is 9.95. The zero-order chi connectivity index (χ0) is 29.0. The van der Waals surface area contributed by atoms with E-state index in [1.807, 2.05) is 6.07 Å². The van der Waals surface area contributed by atoms with Crippen molar-refractivity contribution in [2.75, 3.05) is 50.0 Å². The third-order valence-corrected chi connectivity index (χ3v) is 11.7. The first-order valence-corrected chi connectivity index (χ1v) is 17.4. The Morgan fingerprint density at radius 3 is 2.86 bits per heavy atom. The topological polar surface area (TPSA) is 83.1 Å². The highest BCUT2D eigenvalue weighted by molar-refractivity contribution is 7.38. The van der Waals surface area contributed by atoms with Crippen LogP contribution in [-0.4, -0.2) is 80.7 Å². The highest BCUT2D eigenvalue weighted by atomic mass is 35.5. The molecule has 9 rings (SSSR count). The van der Waals surface area contributed by atoms with Crippen LogP contribution in [-0.2, 0) is 6.42 Å². The molecule has 224 valence electrons. The van der Waals surface area contributed by atoms with E-state index in [1.165, 1.54) is 25.4 Å². The first-order valence-electron chi connectivity index (χ1n) is 15.6. The molecule has 5 aliphatic rings. The molecule has 8 nitrogen and oxygen atoms in total. The molecule has 11 heteroatoms. The maximum atomic E-state index is 16.9. The smallest absolute Gasteiger partial charge is 0.319 e. The standard InChI is InChI=1S/C32H36ClFN7OP/c33-24-14-25-22(16-36-39-25)26-21(24)7-1-2-13-43-18-20-6-3-10-40(17-20)30-23-15-35-29(26)27(34)28(23)37-31(38-30)42-19-32-8-4-11-41(32)12-5-9-32/h1-2,14-16,20,43H,3-13,17-19H2,(H,36,39)/b2-1+. The van der Waals surface area contributed by atoms with Crippen LogP contribution < -0.4 is 9.64 Å². The third kappa shape index (κ3) is 4.88. The Hall–Kier alpha value is -2.87. The highest BCUT2D eigenvalue weighted by Crippen LogP contribution is 2.42. The number of benzene rings is 1. The van der Waals surface area contributed by atoms with Gasteiger partial charge in [-0.25, -0.2) is 4.39 Å². The molecule has 8 heterocycles. The van der Waals surface area contributed by atoms with Crippen molar-refractivity contribution in [3.8, 4) is 17.3 Å². The maximum absolute atomic E-state index is 16.9. The summed E-state index contributed by atoms with van der Waals surface area (Å²) in [6, 6.07) is 2.12. The van der Waals surface area contributed by atoms with Gasteiger partial charge in [-0.05, 0) is 87.9 Å². The van der Waals surface area contributed by atoms with E-state index < -0.39 is 5.82 Å². The fourth-order valence-corrected chi connectivity index (χ4v) is 9.33. The number of piperidine rings is 1. The molecule has 1 N–H and O–H groups in total. The molecule has 3 saturated heterocycles. The van der Waals surface area contributed by atoms with Gasteiger partial charge in [0.05, 0.1) is 22.6 Å². The van der Waals surface area contributed by atoms with E-state index in [1.54, 1.807) is 12.4 Å². The Labute approximate surface area is 257 Å². The predicted octanol–water partition coefficient (Wildman–Crippen LogP) is 6.38. The summed E-state index contributed by atoms with van der Waals surface area (Å²) in [5.74, 6) is 0.823. The lowest BCUT2D eigenvalue weighted by Crippen LogP contribution is -2.43. The molecule has 3 aromatic heterocycles. The Morgan fingerprint density at radius 2 is 1.98 bits per heavy atom. The fourth-order valence-electron chi connectivity index (χ4n) is 7.81. The molecule has 5 aliphatic heterocycles. The number of hydrogen-bond donors (Lipinski definition) is 1. The van der Waals surface area contributed by atoms with Gasteiger partial charge in [-0.2, -0.15) is 15.1 Å². The van der Waals surface area contributed by atoms with Gasteiger partial charge in [0.25, 0.3) is 0 Å². The number of aromatic nitrogens is 5. The number of aromatic amines is 1. The van der Waals surface area contributed by atoms with E-state index in [4.69, 9.17) is 31.3 Å². The van der Waals surface area contributed by atoms with Gasteiger partial charge in [0.15, 0.2) is 5.82 Å². The molecular formula is C32H36ClFN7OP. The van der Waals surface area contributed by atoms with Crippen molar-refractivity contribution in [2.45, 2.75) is 50.5 Å². The minimum Gasteiger partial charge on any atom is -0.461 e. The number of nitrogens with zero attached hydrogens (tertiary/aromatic N) is 6. The molecule has 43 heavy (non-hydrogen) atoms. The lowest BCUT2D eigenvalue weighted by molar-refractivity contribution is 0.108. The molecule has 0 saturated carbocycles. The largest absolute Gasteiger partial charge is 0.461 e. The first kappa shape index (κ1) is 27.7. The molecule has 3 fully saturated rings. The average molecular weight is 620 g/mol. The maximum Gasteiger partial charge on any atom is 0.319 e. The summed E-state index contributed by atoms with van der Waals surface area (Å²) in [6.07, 6.45) is 17.6. The van der Waals surface area contributed by atoms with E-state index in [2.05, 4.69) is 32.1 Å². The van der Waals surface area contributed by atoms with E-state index in [0.29, 0.717) is 34.9 Å². The molecule has 0 aliphatic carbocycles. The number of hydrogen-bond acceptors (Lipinski definition) is 7. The molecular weight excluding hydrogens is 584 g/mol. The van der Waals surface area contributed by atoms with Crippen LogP contribution in [0.5, 0.6) is 6.01 Å². The van der Waals surface area contributed by atoms with Crippen LogP contribution in [0.2, 0.25) is 5.02 Å². The van der Waals surface area contributed by atoms with Gasteiger partial charge in [-0.3, -0.25) is 15.0 Å². The number of ether oxygens (including phenoxy) is 1. The van der Waals surface area contributed by atoms with Gasteiger partial charge >= 0.3 is 6.01 Å². The lowest BCUT2D eigenvalue weighted by Gasteiger charge is -2.34. The summed E-state index contributed by atoms with van der Waals surface area (Å²) in [4.78, 5) is 19.4. The molecule has 4 aromatic rings. The number of fused-ring (bicyclic) bond motifs is 7. The molecule has 0 radical (unpaired) electrons. The normalized spacial score (nSPS) is 23.4. The van der Waals surface area contributed by atoms with Crippen LogP contribution in [0.3, 0.4) is 0 Å². The third-order valence-electron chi connectivity index (χ3n) is 9.96. The Balaban J connectivity index is 1.30. The van der Waals surface area contributed by atoms with E-state index in [-0.39, 0.29) is 22.8 Å². The van der Waals surface area contributed by atoms with Crippen LogP contribution >= 0.6 is 20.2 Å². The Kier molecular flexibility index (Phi) is 7.23. The Bertz CT molecular complexity index is 1720. The van der Waals surface area contributed by atoms with Gasteiger partial charge in [0, 0.05) is 35.3 Å². The van der Waals surface area contributed by atoms with Crippen LogP contribution in [0.4, 0.5) is 10.2 Å². The summed E-state index contributed by atoms with van der Waals surface area (Å²) in [6.45, 7) is 4.54. The zero-order valence-electron chi connectivity index (χ0n) is 24.2. The summed E-state index contributed by atoms with van der Waals surface area (Å²) in [7, 11) is 0.857. The average Bonchev–Trinajstić information content (AvgIpc) is 3.74. The van der Waals surface area contributed by atoms with Gasteiger partial charge in [0.2, 0.25) is 0 Å². The van der Waals surface area contributed by atoms with Gasteiger partial charge in [0.1, 0.15) is 23.6 Å². The molecule has 1 aromatic carbocycles. The van der Waals surface area contributed by atoms with E-state index >= 15 is 4.39 Å². The molecule has 0 spiro atoms. The minimum absolute atomic E-state index is 0.0431. The van der Waals surface area contributed by atoms with Crippen molar-refractivity contribution < 1.29 is 9.13 Å². The summed E-state index contributed by atoms with van der Waals surface area (Å²) < 4.78 is 23.4. The number of halogens is 2. The number of rotatable bonds is 3. The van der Waals surface area contributed by atoms with Crippen molar-refractivity contribution in [1.29, 1.82) is 0 Å². The van der Waals surface area contributed by atoms with E-state index in [0.717, 1.165) is 82.5 Å². The van der Waals surface area contributed by atoms with Gasteiger partial charge in [-0.15, -0.1) is 8.58 Å². The van der Waals surface area contributed by atoms with Crippen molar-refractivity contribution in [2.24, 2.45) is 5.92 Å². The number of H-pyrrole nitrogens is 1. The molecule has 2 unspecified atom stereocenters. The Morgan fingerprint density at radius 1 is 1.09 bits per heavy atom. The van der Waals surface area contributed by atoms with Crippen LogP contribution in [0.25, 0.3) is 33.1 Å². The van der Waals surface area contributed by atoms with Gasteiger partial charge < -0.3 is 9.64 Å². The summed E-state index contributed by atoms with van der Waals surface area (Å²) >= 11 is 6.83. The first-order chi connectivity index (χ1) is 21.1. The quantitative estimate of drug-likeness (QED) is 0.211. The molecule has 6 bridgehead atoms.